The van der Waals surface area contributed by atoms with Crippen LogP contribution in [0.4, 0.5) is 10.5 Å². The normalized spacial score (nSPS) is 16.0. The van der Waals surface area contributed by atoms with E-state index in [1.54, 1.807) is 17.4 Å². The molecule has 25 heavy (non-hydrogen) atoms. The maximum atomic E-state index is 12.3. The van der Waals surface area contributed by atoms with E-state index in [1.807, 2.05) is 24.3 Å². The highest BCUT2D eigenvalue weighted by Gasteiger charge is 2.23. The topological polar surface area (TPSA) is 53.6 Å². The third-order valence-corrected chi connectivity index (χ3v) is 5.07. The van der Waals surface area contributed by atoms with Crippen LogP contribution in [0.1, 0.15) is 16.5 Å². The number of ether oxygens (including phenoxy) is 1. The first-order valence-corrected chi connectivity index (χ1v) is 9.11. The van der Waals surface area contributed by atoms with Gasteiger partial charge in [0.1, 0.15) is 0 Å². The summed E-state index contributed by atoms with van der Waals surface area (Å²) in [7, 11) is 0. The first-order valence-electron chi connectivity index (χ1n) is 8.23. The Labute approximate surface area is 152 Å². The summed E-state index contributed by atoms with van der Waals surface area (Å²) in [5.41, 5.74) is 1.43. The average molecular weight is 355 g/mol. The molecular weight excluding hydrogens is 334 g/mol. The zero-order valence-corrected chi connectivity index (χ0v) is 14.7. The molecule has 1 unspecified atom stereocenters. The van der Waals surface area contributed by atoms with E-state index >= 15 is 0 Å². The minimum absolute atomic E-state index is 0.159. The Hall–Kier alpha value is -2.33. The predicted molar refractivity (Wildman–Crippen MR) is 101 cm³/mol. The van der Waals surface area contributed by atoms with Crippen LogP contribution < -0.4 is 10.6 Å². The molecule has 1 atom stereocenters. The number of amides is 2. The standard InChI is InChI=1S/C19H21N3O2S/c1-2-15-5-3-6-16(13-15)21-19(23)20-14-17(18-7-4-12-25-18)22-8-10-24-11-9-22/h1,3-7,12-13,17H,8-11,14H2,(H2,20,21,23). The van der Waals surface area contributed by atoms with Gasteiger partial charge >= 0.3 is 6.03 Å². The number of terminal acetylenes is 1. The quantitative estimate of drug-likeness (QED) is 0.811. The van der Waals surface area contributed by atoms with Gasteiger partial charge < -0.3 is 15.4 Å². The first-order chi connectivity index (χ1) is 12.3. The van der Waals surface area contributed by atoms with Crippen molar-refractivity contribution < 1.29 is 9.53 Å². The van der Waals surface area contributed by atoms with Crippen LogP contribution in [-0.4, -0.2) is 43.8 Å². The number of anilines is 1. The van der Waals surface area contributed by atoms with Crippen molar-refractivity contribution in [3.05, 3.63) is 52.2 Å². The molecule has 6 heteroatoms. The van der Waals surface area contributed by atoms with Crippen LogP contribution in [0, 0.1) is 12.3 Å². The van der Waals surface area contributed by atoms with E-state index in [0.29, 0.717) is 12.2 Å². The molecule has 2 amide bonds. The number of thiophene rings is 1. The summed E-state index contributed by atoms with van der Waals surface area (Å²) in [5, 5.41) is 7.88. The van der Waals surface area contributed by atoms with E-state index in [0.717, 1.165) is 31.9 Å². The van der Waals surface area contributed by atoms with Crippen molar-refractivity contribution in [2.75, 3.05) is 38.2 Å². The van der Waals surface area contributed by atoms with Gasteiger partial charge in [0.25, 0.3) is 0 Å². The van der Waals surface area contributed by atoms with Crippen molar-refractivity contribution in [1.29, 1.82) is 0 Å². The smallest absolute Gasteiger partial charge is 0.319 e. The van der Waals surface area contributed by atoms with Gasteiger partial charge in [-0.25, -0.2) is 4.79 Å². The van der Waals surface area contributed by atoms with E-state index < -0.39 is 0 Å². The summed E-state index contributed by atoms with van der Waals surface area (Å²) in [6, 6.07) is 11.3. The van der Waals surface area contributed by atoms with Gasteiger partial charge in [-0.2, -0.15) is 0 Å². The second-order valence-electron chi connectivity index (χ2n) is 5.74. The minimum atomic E-state index is -0.232. The summed E-state index contributed by atoms with van der Waals surface area (Å²) >= 11 is 1.71. The SMILES string of the molecule is C#Cc1cccc(NC(=O)NCC(c2cccs2)N2CCOCC2)c1. The van der Waals surface area contributed by atoms with Crippen molar-refractivity contribution in [2.45, 2.75) is 6.04 Å². The molecule has 1 aliphatic rings. The van der Waals surface area contributed by atoms with Gasteiger partial charge in [-0.15, -0.1) is 17.8 Å². The Morgan fingerprint density at radius 3 is 2.88 bits per heavy atom. The van der Waals surface area contributed by atoms with Crippen molar-refractivity contribution in [3.8, 4) is 12.3 Å². The summed E-state index contributed by atoms with van der Waals surface area (Å²) in [6.07, 6.45) is 5.39. The molecule has 2 N–H and O–H groups in total. The largest absolute Gasteiger partial charge is 0.379 e. The average Bonchev–Trinajstić information content (AvgIpc) is 3.17. The minimum Gasteiger partial charge on any atom is -0.379 e. The molecule has 1 aliphatic heterocycles. The fourth-order valence-corrected chi connectivity index (χ4v) is 3.69. The van der Waals surface area contributed by atoms with Crippen molar-refractivity contribution >= 4 is 23.1 Å². The highest BCUT2D eigenvalue weighted by atomic mass is 32.1. The maximum Gasteiger partial charge on any atom is 0.319 e. The molecule has 0 bridgehead atoms. The van der Waals surface area contributed by atoms with Crippen LogP contribution in [0.25, 0.3) is 0 Å². The Bertz CT molecular complexity index is 733. The van der Waals surface area contributed by atoms with Gasteiger partial charge in [0, 0.05) is 35.8 Å². The molecule has 130 valence electrons. The van der Waals surface area contributed by atoms with Crippen LogP contribution in [-0.2, 0) is 4.74 Å². The number of hydrogen-bond acceptors (Lipinski definition) is 4. The Morgan fingerprint density at radius 2 is 2.16 bits per heavy atom. The number of carbonyl (C=O) groups is 1. The number of hydrogen-bond donors (Lipinski definition) is 2. The van der Waals surface area contributed by atoms with Gasteiger partial charge in [0.15, 0.2) is 0 Å². The number of carbonyl (C=O) groups excluding carboxylic acids is 1. The molecule has 1 saturated heterocycles. The number of nitrogens with one attached hydrogen (secondary N) is 2. The van der Waals surface area contributed by atoms with Crippen molar-refractivity contribution in [2.24, 2.45) is 0 Å². The van der Waals surface area contributed by atoms with Crippen molar-refractivity contribution in [1.82, 2.24) is 10.2 Å². The molecule has 0 spiro atoms. The first kappa shape index (κ1) is 17.5. The van der Waals surface area contributed by atoms with E-state index in [-0.39, 0.29) is 12.1 Å². The highest BCUT2D eigenvalue weighted by Crippen LogP contribution is 2.25. The lowest BCUT2D eigenvalue weighted by molar-refractivity contribution is 0.0175. The molecule has 1 aromatic heterocycles. The summed E-state index contributed by atoms with van der Waals surface area (Å²) in [6.45, 7) is 3.74. The van der Waals surface area contributed by atoms with Crippen LogP contribution in [0.2, 0.25) is 0 Å². The van der Waals surface area contributed by atoms with E-state index in [1.165, 1.54) is 4.88 Å². The number of nitrogens with zero attached hydrogens (tertiary/aromatic N) is 1. The fourth-order valence-electron chi connectivity index (χ4n) is 2.83. The molecule has 0 saturated carbocycles. The predicted octanol–water partition coefficient (Wildman–Crippen LogP) is 2.92. The molecule has 0 radical (unpaired) electrons. The van der Waals surface area contributed by atoms with Crippen LogP contribution in [0.15, 0.2) is 41.8 Å². The van der Waals surface area contributed by atoms with Gasteiger partial charge in [0.05, 0.1) is 19.3 Å². The number of benzene rings is 1. The molecule has 0 aliphatic carbocycles. The molecule has 2 aromatic rings. The monoisotopic (exact) mass is 355 g/mol. The third kappa shape index (κ3) is 4.83. The number of rotatable bonds is 5. The Balaban J connectivity index is 1.60. The lowest BCUT2D eigenvalue weighted by atomic mass is 10.2. The number of urea groups is 1. The molecule has 1 aromatic carbocycles. The lowest BCUT2D eigenvalue weighted by Gasteiger charge is -2.34. The lowest BCUT2D eigenvalue weighted by Crippen LogP contribution is -2.44. The van der Waals surface area contributed by atoms with Gasteiger partial charge in [-0.05, 0) is 29.6 Å². The molecular formula is C19H21N3O2S. The van der Waals surface area contributed by atoms with E-state index in [4.69, 9.17) is 11.2 Å². The van der Waals surface area contributed by atoms with Crippen LogP contribution >= 0.6 is 11.3 Å². The molecule has 2 heterocycles. The molecule has 3 rings (SSSR count). The second kappa shape index (κ2) is 8.67. The highest BCUT2D eigenvalue weighted by molar-refractivity contribution is 7.10. The van der Waals surface area contributed by atoms with Gasteiger partial charge in [-0.1, -0.05) is 18.1 Å². The maximum absolute atomic E-state index is 12.3. The zero-order valence-electron chi connectivity index (χ0n) is 13.9. The molecule has 5 nitrogen and oxygen atoms in total. The summed E-state index contributed by atoms with van der Waals surface area (Å²) in [5.74, 6) is 2.56. The van der Waals surface area contributed by atoms with E-state index in [9.17, 15) is 4.79 Å². The molecule has 1 fully saturated rings. The van der Waals surface area contributed by atoms with Crippen LogP contribution in [0.5, 0.6) is 0 Å². The van der Waals surface area contributed by atoms with Gasteiger partial charge in [-0.3, -0.25) is 4.90 Å². The van der Waals surface area contributed by atoms with Gasteiger partial charge in [0.2, 0.25) is 0 Å². The number of morpholine rings is 1. The fraction of sp³-hybridized carbons (Fsp3) is 0.316. The third-order valence-electron chi connectivity index (χ3n) is 4.10. The summed E-state index contributed by atoms with van der Waals surface area (Å²) in [4.78, 5) is 15.9. The zero-order chi connectivity index (χ0) is 17.5. The van der Waals surface area contributed by atoms with Crippen LogP contribution in [0.3, 0.4) is 0 Å². The second-order valence-corrected chi connectivity index (χ2v) is 6.72. The Kier molecular flexibility index (Phi) is 6.07. The Morgan fingerprint density at radius 1 is 1.32 bits per heavy atom. The van der Waals surface area contributed by atoms with Crippen molar-refractivity contribution in [3.63, 3.8) is 0 Å². The van der Waals surface area contributed by atoms with E-state index in [2.05, 4.69) is 32.9 Å². The summed E-state index contributed by atoms with van der Waals surface area (Å²) < 4.78 is 5.44.